The number of amides is 2. The first-order valence-electron chi connectivity index (χ1n) is 8.14. The molecule has 1 atom stereocenters. The maximum atomic E-state index is 12.8. The Morgan fingerprint density at radius 1 is 1.13 bits per heavy atom. The smallest absolute Gasteiger partial charge is 0.242 e. The third-order valence-electron chi connectivity index (χ3n) is 4.66. The molecule has 8 heteroatoms. The summed E-state index contributed by atoms with van der Waals surface area (Å²) in [6.07, 6.45) is 2.88. The van der Waals surface area contributed by atoms with E-state index in [0.717, 1.165) is 52.0 Å². The Labute approximate surface area is 151 Å². The topological polar surface area (TPSA) is 64.7 Å². The molecule has 23 heavy (non-hydrogen) atoms. The number of carbonyl (C=O) groups is 2. The highest BCUT2D eigenvalue weighted by Crippen LogP contribution is 2.25. The lowest BCUT2D eigenvalue weighted by Crippen LogP contribution is -2.59. The Hall–Kier alpha value is -0.560. The summed E-state index contributed by atoms with van der Waals surface area (Å²) in [5, 5.41) is 6.22. The number of rotatable bonds is 5. The second-order valence-electron chi connectivity index (χ2n) is 5.99. The van der Waals surface area contributed by atoms with Crippen molar-refractivity contribution in [2.75, 3.05) is 45.8 Å². The Morgan fingerprint density at radius 2 is 1.78 bits per heavy atom. The van der Waals surface area contributed by atoms with Crippen LogP contribution in [0.15, 0.2) is 0 Å². The SMILES string of the molecule is CCNC(=O)CN1CCN(C(=O)C2(CC)CCCN2)CC1.Cl.Cl. The van der Waals surface area contributed by atoms with Crippen molar-refractivity contribution in [3.05, 3.63) is 0 Å². The van der Waals surface area contributed by atoms with Crippen LogP contribution < -0.4 is 10.6 Å². The molecule has 0 radical (unpaired) electrons. The summed E-state index contributed by atoms with van der Waals surface area (Å²) in [4.78, 5) is 28.4. The highest BCUT2D eigenvalue weighted by molar-refractivity contribution is 5.87. The van der Waals surface area contributed by atoms with Crippen LogP contribution in [0.3, 0.4) is 0 Å². The van der Waals surface area contributed by atoms with Gasteiger partial charge in [-0.3, -0.25) is 14.5 Å². The fourth-order valence-electron chi connectivity index (χ4n) is 3.31. The van der Waals surface area contributed by atoms with Crippen LogP contribution >= 0.6 is 24.8 Å². The van der Waals surface area contributed by atoms with Crippen molar-refractivity contribution >= 4 is 36.6 Å². The van der Waals surface area contributed by atoms with Crippen LogP contribution in [0.2, 0.25) is 0 Å². The van der Waals surface area contributed by atoms with Gasteiger partial charge < -0.3 is 15.5 Å². The van der Waals surface area contributed by atoms with Crippen molar-refractivity contribution in [1.29, 1.82) is 0 Å². The maximum absolute atomic E-state index is 12.8. The first kappa shape index (κ1) is 22.4. The third-order valence-corrected chi connectivity index (χ3v) is 4.66. The number of nitrogens with zero attached hydrogens (tertiary/aromatic N) is 2. The lowest BCUT2D eigenvalue weighted by molar-refractivity contribution is -0.140. The Bertz CT molecular complexity index is 382. The lowest BCUT2D eigenvalue weighted by Gasteiger charge is -2.39. The van der Waals surface area contributed by atoms with Crippen molar-refractivity contribution < 1.29 is 9.59 Å². The molecule has 0 aliphatic carbocycles. The summed E-state index contributed by atoms with van der Waals surface area (Å²) in [6, 6.07) is 0. The van der Waals surface area contributed by atoms with E-state index in [0.29, 0.717) is 13.1 Å². The quantitative estimate of drug-likeness (QED) is 0.747. The molecule has 2 rings (SSSR count). The number of halogens is 2. The van der Waals surface area contributed by atoms with Gasteiger partial charge in [-0.2, -0.15) is 0 Å². The van der Waals surface area contributed by atoms with Gasteiger partial charge >= 0.3 is 0 Å². The molecule has 0 aromatic heterocycles. The lowest BCUT2D eigenvalue weighted by atomic mass is 9.92. The number of likely N-dealkylation sites (N-methyl/N-ethyl adjacent to an activating group) is 1. The zero-order valence-electron chi connectivity index (χ0n) is 14.1. The molecule has 2 aliphatic rings. The third kappa shape index (κ3) is 5.48. The second kappa shape index (κ2) is 10.3. The zero-order valence-corrected chi connectivity index (χ0v) is 15.7. The van der Waals surface area contributed by atoms with Gasteiger partial charge in [0.15, 0.2) is 0 Å². The van der Waals surface area contributed by atoms with Gasteiger partial charge in [-0.1, -0.05) is 6.92 Å². The van der Waals surface area contributed by atoms with E-state index in [4.69, 9.17) is 0 Å². The average molecular weight is 369 g/mol. The molecule has 0 saturated carbocycles. The predicted molar refractivity (Wildman–Crippen MR) is 96.5 cm³/mol. The summed E-state index contributed by atoms with van der Waals surface area (Å²) in [7, 11) is 0. The van der Waals surface area contributed by atoms with Crippen LogP contribution in [-0.2, 0) is 9.59 Å². The number of hydrogen-bond acceptors (Lipinski definition) is 4. The van der Waals surface area contributed by atoms with Crippen molar-refractivity contribution in [3.8, 4) is 0 Å². The summed E-state index contributed by atoms with van der Waals surface area (Å²) in [5.41, 5.74) is -0.332. The van der Waals surface area contributed by atoms with Crippen LogP contribution in [0, 0.1) is 0 Å². The predicted octanol–water partition coefficient (Wildman–Crippen LogP) is 0.643. The van der Waals surface area contributed by atoms with Gasteiger partial charge in [0.05, 0.1) is 12.1 Å². The molecule has 2 aliphatic heterocycles. The summed E-state index contributed by atoms with van der Waals surface area (Å²) >= 11 is 0. The number of hydrogen-bond donors (Lipinski definition) is 2. The molecule has 2 fully saturated rings. The van der Waals surface area contributed by atoms with Crippen LogP contribution in [0.4, 0.5) is 0 Å². The molecule has 6 nitrogen and oxygen atoms in total. The van der Waals surface area contributed by atoms with E-state index in [9.17, 15) is 9.59 Å². The normalized spacial score (nSPS) is 24.5. The molecule has 1 unspecified atom stereocenters. The van der Waals surface area contributed by atoms with E-state index in [1.165, 1.54) is 0 Å². The van der Waals surface area contributed by atoms with Gasteiger partial charge in [-0.25, -0.2) is 0 Å². The molecule has 136 valence electrons. The van der Waals surface area contributed by atoms with Crippen LogP contribution in [-0.4, -0.2) is 73.0 Å². The van der Waals surface area contributed by atoms with Crippen LogP contribution in [0.1, 0.15) is 33.1 Å². The average Bonchev–Trinajstić information content (AvgIpc) is 2.97. The van der Waals surface area contributed by atoms with E-state index in [-0.39, 0.29) is 42.2 Å². The van der Waals surface area contributed by atoms with E-state index < -0.39 is 0 Å². The first-order valence-corrected chi connectivity index (χ1v) is 8.14. The van der Waals surface area contributed by atoms with Crippen LogP contribution in [0.25, 0.3) is 0 Å². The minimum Gasteiger partial charge on any atom is -0.355 e. The maximum Gasteiger partial charge on any atom is 0.242 e. The van der Waals surface area contributed by atoms with Gasteiger partial charge in [-0.05, 0) is 32.7 Å². The number of piperazine rings is 1. The molecule has 0 bridgehead atoms. The number of carbonyl (C=O) groups excluding carboxylic acids is 2. The first-order chi connectivity index (χ1) is 10.1. The van der Waals surface area contributed by atoms with Gasteiger partial charge in [0.25, 0.3) is 0 Å². The molecule has 2 heterocycles. The Morgan fingerprint density at radius 3 is 2.26 bits per heavy atom. The van der Waals surface area contributed by atoms with Crippen molar-refractivity contribution in [3.63, 3.8) is 0 Å². The van der Waals surface area contributed by atoms with Gasteiger partial charge in [0, 0.05) is 32.7 Å². The van der Waals surface area contributed by atoms with Crippen LogP contribution in [0.5, 0.6) is 0 Å². The Kier molecular flexibility index (Phi) is 10.1. The molecule has 0 spiro atoms. The summed E-state index contributed by atoms with van der Waals surface area (Å²) in [6.45, 7) is 9.06. The summed E-state index contributed by atoms with van der Waals surface area (Å²) in [5.74, 6) is 0.319. The molecular weight excluding hydrogens is 339 g/mol. The molecule has 0 aromatic rings. The highest BCUT2D eigenvalue weighted by atomic mass is 35.5. The van der Waals surface area contributed by atoms with Crippen molar-refractivity contribution in [2.45, 2.75) is 38.6 Å². The monoisotopic (exact) mass is 368 g/mol. The fraction of sp³-hybridized carbons (Fsp3) is 0.867. The standard InChI is InChI=1S/C15H28N4O2.2ClH/c1-3-15(6-5-7-17-15)14(21)19-10-8-18(9-11-19)12-13(20)16-4-2;;/h17H,3-12H2,1-2H3,(H,16,20);2*1H. The van der Waals surface area contributed by atoms with Crippen molar-refractivity contribution in [1.82, 2.24) is 20.4 Å². The highest BCUT2D eigenvalue weighted by Gasteiger charge is 2.42. The molecule has 0 aromatic carbocycles. The second-order valence-corrected chi connectivity index (χ2v) is 5.99. The molecular formula is C15H30Cl2N4O2. The molecule has 2 saturated heterocycles. The minimum atomic E-state index is -0.332. The minimum absolute atomic E-state index is 0. The van der Waals surface area contributed by atoms with Crippen molar-refractivity contribution in [2.24, 2.45) is 0 Å². The van der Waals surface area contributed by atoms with Gasteiger partial charge in [-0.15, -0.1) is 24.8 Å². The summed E-state index contributed by atoms with van der Waals surface area (Å²) < 4.78 is 0. The fourth-order valence-corrected chi connectivity index (χ4v) is 3.31. The number of nitrogens with one attached hydrogen (secondary N) is 2. The Balaban J connectivity index is 0.00000242. The van der Waals surface area contributed by atoms with Gasteiger partial charge in [0.2, 0.25) is 11.8 Å². The molecule has 2 N–H and O–H groups in total. The van der Waals surface area contributed by atoms with E-state index >= 15 is 0 Å². The van der Waals surface area contributed by atoms with E-state index in [2.05, 4.69) is 22.5 Å². The largest absolute Gasteiger partial charge is 0.355 e. The van der Waals surface area contributed by atoms with Gasteiger partial charge in [0.1, 0.15) is 0 Å². The van der Waals surface area contributed by atoms with E-state index in [1.54, 1.807) is 0 Å². The zero-order chi connectivity index (χ0) is 15.3. The molecule has 2 amide bonds. The van der Waals surface area contributed by atoms with E-state index in [1.807, 2.05) is 11.8 Å².